The van der Waals surface area contributed by atoms with Gasteiger partial charge < -0.3 is 16.4 Å². The Bertz CT molecular complexity index is 274. The molecule has 1 aliphatic carbocycles. The summed E-state index contributed by atoms with van der Waals surface area (Å²) >= 11 is 0. The summed E-state index contributed by atoms with van der Waals surface area (Å²) in [6.45, 7) is 4.76. The molecule has 0 heterocycles. The lowest BCUT2D eigenvalue weighted by Crippen LogP contribution is -2.38. The normalized spacial score (nSPS) is 17.6. The molecular formula is C12H24N4O. The lowest BCUT2D eigenvalue weighted by Gasteiger charge is -2.11. The van der Waals surface area contributed by atoms with Gasteiger partial charge in [-0.05, 0) is 32.6 Å². The van der Waals surface area contributed by atoms with E-state index in [0.29, 0.717) is 31.0 Å². The highest BCUT2D eigenvalue weighted by Gasteiger charge is 2.22. The van der Waals surface area contributed by atoms with Crippen molar-refractivity contribution in [2.24, 2.45) is 10.7 Å². The molecule has 1 amide bonds. The maximum Gasteiger partial charge on any atom is 0.220 e. The average molecular weight is 240 g/mol. The van der Waals surface area contributed by atoms with Crippen molar-refractivity contribution in [2.75, 3.05) is 6.54 Å². The molecule has 0 aromatic heterocycles. The van der Waals surface area contributed by atoms with Gasteiger partial charge in [0.1, 0.15) is 0 Å². The third kappa shape index (κ3) is 6.81. The summed E-state index contributed by atoms with van der Waals surface area (Å²) < 4.78 is 0. The minimum Gasteiger partial charge on any atom is -0.370 e. The van der Waals surface area contributed by atoms with E-state index in [1.165, 1.54) is 0 Å². The standard InChI is InChI=1S/C12H24N4O/c1-3-9(2)15-12(13)14-8-4-5-11(17)16-10-6-7-10/h9-10H,3-8H2,1-2H3,(H,16,17)(H3,13,14,15). The Kier molecular flexibility index (Phi) is 5.80. The van der Waals surface area contributed by atoms with Gasteiger partial charge in [-0.25, -0.2) is 0 Å². The van der Waals surface area contributed by atoms with Gasteiger partial charge in [0.25, 0.3) is 0 Å². The van der Waals surface area contributed by atoms with E-state index in [4.69, 9.17) is 5.73 Å². The van der Waals surface area contributed by atoms with Crippen LogP contribution in [-0.4, -0.2) is 30.5 Å². The maximum absolute atomic E-state index is 11.4. The average Bonchev–Trinajstić information content (AvgIpc) is 3.08. The Labute approximate surface area is 103 Å². The molecule has 0 spiro atoms. The number of aliphatic imine (C=N–C) groups is 1. The molecule has 1 aliphatic rings. The van der Waals surface area contributed by atoms with Gasteiger partial charge in [-0.1, -0.05) is 6.92 Å². The molecular weight excluding hydrogens is 216 g/mol. The van der Waals surface area contributed by atoms with Crippen molar-refractivity contribution < 1.29 is 4.79 Å². The van der Waals surface area contributed by atoms with Crippen molar-refractivity contribution in [1.82, 2.24) is 10.6 Å². The van der Waals surface area contributed by atoms with Crippen LogP contribution in [0.5, 0.6) is 0 Å². The van der Waals surface area contributed by atoms with Gasteiger partial charge in [0, 0.05) is 25.0 Å². The fraction of sp³-hybridized carbons (Fsp3) is 0.833. The fourth-order valence-corrected chi connectivity index (χ4v) is 1.37. The van der Waals surface area contributed by atoms with E-state index in [0.717, 1.165) is 25.7 Å². The SMILES string of the molecule is CCC(C)NC(N)=NCCCC(=O)NC1CC1. The highest BCUT2D eigenvalue weighted by atomic mass is 16.1. The highest BCUT2D eigenvalue weighted by Crippen LogP contribution is 2.18. The molecule has 4 N–H and O–H groups in total. The zero-order chi connectivity index (χ0) is 12.7. The largest absolute Gasteiger partial charge is 0.370 e. The minimum atomic E-state index is 0.135. The summed E-state index contributed by atoms with van der Waals surface area (Å²) in [5.41, 5.74) is 5.70. The van der Waals surface area contributed by atoms with Gasteiger partial charge in [0.2, 0.25) is 5.91 Å². The Hall–Kier alpha value is -1.26. The number of rotatable bonds is 7. The minimum absolute atomic E-state index is 0.135. The Balaban J connectivity index is 2.04. The van der Waals surface area contributed by atoms with Crippen LogP contribution in [0.1, 0.15) is 46.0 Å². The highest BCUT2D eigenvalue weighted by molar-refractivity contribution is 5.78. The van der Waals surface area contributed by atoms with Gasteiger partial charge in [-0.15, -0.1) is 0 Å². The van der Waals surface area contributed by atoms with E-state index < -0.39 is 0 Å². The molecule has 1 atom stereocenters. The molecule has 0 bridgehead atoms. The van der Waals surface area contributed by atoms with E-state index >= 15 is 0 Å². The third-order valence-corrected chi connectivity index (χ3v) is 2.79. The van der Waals surface area contributed by atoms with E-state index in [-0.39, 0.29) is 5.91 Å². The van der Waals surface area contributed by atoms with E-state index in [1.54, 1.807) is 0 Å². The van der Waals surface area contributed by atoms with Crippen LogP contribution in [0, 0.1) is 0 Å². The summed E-state index contributed by atoms with van der Waals surface area (Å²) in [7, 11) is 0. The fourth-order valence-electron chi connectivity index (χ4n) is 1.37. The maximum atomic E-state index is 11.4. The van der Waals surface area contributed by atoms with Crippen LogP contribution in [0.3, 0.4) is 0 Å². The lowest BCUT2D eigenvalue weighted by molar-refractivity contribution is -0.121. The molecule has 0 aromatic rings. The van der Waals surface area contributed by atoms with Crippen LogP contribution in [0.2, 0.25) is 0 Å². The predicted molar refractivity (Wildman–Crippen MR) is 69.8 cm³/mol. The van der Waals surface area contributed by atoms with Crippen LogP contribution < -0.4 is 16.4 Å². The summed E-state index contributed by atoms with van der Waals surface area (Å²) in [6, 6.07) is 0.792. The number of guanidine groups is 1. The second-order valence-corrected chi connectivity index (χ2v) is 4.67. The molecule has 5 heteroatoms. The number of carbonyl (C=O) groups is 1. The Morgan fingerprint density at radius 2 is 2.24 bits per heavy atom. The zero-order valence-corrected chi connectivity index (χ0v) is 10.8. The van der Waals surface area contributed by atoms with E-state index in [9.17, 15) is 4.79 Å². The van der Waals surface area contributed by atoms with Gasteiger partial charge in [-0.2, -0.15) is 0 Å². The third-order valence-electron chi connectivity index (χ3n) is 2.79. The number of carbonyl (C=O) groups excluding carboxylic acids is 1. The first-order chi connectivity index (χ1) is 8.11. The zero-order valence-electron chi connectivity index (χ0n) is 10.8. The first kappa shape index (κ1) is 13.8. The molecule has 1 saturated carbocycles. The number of hydrogen-bond acceptors (Lipinski definition) is 2. The molecule has 0 aromatic carbocycles. The summed E-state index contributed by atoms with van der Waals surface area (Å²) in [6.07, 6.45) is 4.57. The summed E-state index contributed by atoms with van der Waals surface area (Å²) in [4.78, 5) is 15.5. The van der Waals surface area contributed by atoms with Crippen molar-refractivity contribution >= 4 is 11.9 Å². The second kappa shape index (κ2) is 7.14. The monoisotopic (exact) mass is 240 g/mol. The predicted octanol–water partition coefficient (Wildman–Crippen LogP) is 0.748. The summed E-state index contributed by atoms with van der Waals surface area (Å²) in [5.74, 6) is 0.609. The van der Waals surface area contributed by atoms with Crippen molar-refractivity contribution in [3.05, 3.63) is 0 Å². The first-order valence-electron chi connectivity index (χ1n) is 6.47. The molecule has 5 nitrogen and oxygen atoms in total. The van der Waals surface area contributed by atoms with Crippen LogP contribution in [0.4, 0.5) is 0 Å². The Morgan fingerprint density at radius 3 is 2.82 bits per heavy atom. The molecule has 0 saturated heterocycles. The van der Waals surface area contributed by atoms with Crippen LogP contribution in [-0.2, 0) is 4.79 Å². The quantitative estimate of drug-likeness (QED) is 0.349. The topological polar surface area (TPSA) is 79.5 Å². The van der Waals surface area contributed by atoms with E-state index in [2.05, 4.69) is 29.5 Å². The number of nitrogens with two attached hydrogens (primary N) is 1. The van der Waals surface area contributed by atoms with Crippen molar-refractivity contribution in [3.63, 3.8) is 0 Å². The van der Waals surface area contributed by atoms with Crippen molar-refractivity contribution in [1.29, 1.82) is 0 Å². The molecule has 17 heavy (non-hydrogen) atoms. The van der Waals surface area contributed by atoms with Crippen LogP contribution in [0.25, 0.3) is 0 Å². The van der Waals surface area contributed by atoms with Crippen molar-refractivity contribution in [2.45, 2.75) is 58.0 Å². The van der Waals surface area contributed by atoms with E-state index in [1.807, 2.05) is 0 Å². The molecule has 98 valence electrons. The molecule has 0 radical (unpaired) electrons. The number of hydrogen-bond donors (Lipinski definition) is 3. The summed E-state index contributed by atoms with van der Waals surface area (Å²) in [5, 5.41) is 6.04. The van der Waals surface area contributed by atoms with Gasteiger partial charge in [0.05, 0.1) is 0 Å². The smallest absolute Gasteiger partial charge is 0.220 e. The Morgan fingerprint density at radius 1 is 1.53 bits per heavy atom. The molecule has 1 fully saturated rings. The van der Waals surface area contributed by atoms with Crippen LogP contribution in [0.15, 0.2) is 4.99 Å². The van der Waals surface area contributed by atoms with Crippen LogP contribution >= 0.6 is 0 Å². The molecule has 1 rings (SSSR count). The first-order valence-corrected chi connectivity index (χ1v) is 6.47. The van der Waals surface area contributed by atoms with Gasteiger partial charge in [-0.3, -0.25) is 9.79 Å². The van der Waals surface area contributed by atoms with Crippen molar-refractivity contribution in [3.8, 4) is 0 Å². The number of nitrogens with one attached hydrogen (secondary N) is 2. The van der Waals surface area contributed by atoms with Gasteiger partial charge in [0.15, 0.2) is 5.96 Å². The lowest BCUT2D eigenvalue weighted by atomic mass is 10.3. The molecule has 1 unspecified atom stereocenters. The number of nitrogens with zero attached hydrogens (tertiary/aromatic N) is 1. The molecule has 0 aliphatic heterocycles. The second-order valence-electron chi connectivity index (χ2n) is 4.67. The number of amides is 1. The van der Waals surface area contributed by atoms with Gasteiger partial charge >= 0.3 is 0 Å².